The molecule has 2 aromatic carbocycles. The van der Waals surface area contributed by atoms with Crippen molar-refractivity contribution in [2.45, 2.75) is 25.6 Å². The molecule has 1 aliphatic rings. The zero-order chi connectivity index (χ0) is 24.3. The molecule has 1 fully saturated rings. The number of likely N-dealkylation sites (tertiary alicyclic amines) is 1. The van der Waals surface area contributed by atoms with Crippen LogP contribution in [0.3, 0.4) is 0 Å². The lowest BCUT2D eigenvalue weighted by molar-refractivity contribution is -0.137. The summed E-state index contributed by atoms with van der Waals surface area (Å²) in [6, 6.07) is 12.3. The molecule has 33 heavy (non-hydrogen) atoms. The number of nitrogens with zero attached hydrogens (tertiary/aromatic N) is 3. The summed E-state index contributed by atoms with van der Waals surface area (Å²) in [6.45, 7) is 1.30. The number of ketones is 1. The van der Waals surface area contributed by atoms with Crippen molar-refractivity contribution in [1.82, 2.24) is 9.80 Å². The Hall–Kier alpha value is -3.67. The third kappa shape index (κ3) is 5.40. The molecule has 0 radical (unpaired) electrons. The Labute approximate surface area is 189 Å². The summed E-state index contributed by atoms with van der Waals surface area (Å²) >= 11 is 0. The summed E-state index contributed by atoms with van der Waals surface area (Å²) in [5.74, 6) is -1.36. The minimum absolute atomic E-state index is 0.0879. The molecule has 2 unspecified atom stereocenters. The number of alkyl halides is 3. The van der Waals surface area contributed by atoms with Crippen LogP contribution in [0.1, 0.15) is 29.3 Å². The third-order valence-corrected chi connectivity index (χ3v) is 5.72. The Kier molecular flexibility index (Phi) is 6.86. The van der Waals surface area contributed by atoms with E-state index in [0.29, 0.717) is 11.1 Å². The van der Waals surface area contributed by atoms with Crippen molar-refractivity contribution in [2.24, 2.45) is 5.92 Å². The molecule has 1 heterocycles. The highest BCUT2D eigenvalue weighted by atomic mass is 19.4. The maximum absolute atomic E-state index is 12.9. The number of likely N-dealkylation sites (N-methyl/N-ethyl adjacent to an activating group) is 1. The van der Waals surface area contributed by atoms with Gasteiger partial charge in [0.1, 0.15) is 11.8 Å². The molecule has 9 heteroatoms. The van der Waals surface area contributed by atoms with Crippen LogP contribution in [0.2, 0.25) is 0 Å². The molecule has 1 aliphatic heterocycles. The third-order valence-electron chi connectivity index (χ3n) is 5.72. The fourth-order valence-corrected chi connectivity index (χ4v) is 3.80. The van der Waals surface area contributed by atoms with Gasteiger partial charge in [-0.3, -0.25) is 14.4 Å². The number of halogens is 3. The monoisotopic (exact) mass is 457 g/mol. The highest BCUT2D eigenvalue weighted by molar-refractivity contribution is 5.97. The molecule has 6 nitrogen and oxygen atoms in total. The van der Waals surface area contributed by atoms with Gasteiger partial charge in [0, 0.05) is 25.1 Å². The van der Waals surface area contributed by atoms with Gasteiger partial charge in [0.15, 0.2) is 0 Å². The molecular weight excluding hydrogens is 435 g/mol. The average molecular weight is 457 g/mol. The first-order valence-corrected chi connectivity index (χ1v) is 10.2. The number of nitriles is 1. The zero-order valence-electron chi connectivity index (χ0n) is 18.1. The summed E-state index contributed by atoms with van der Waals surface area (Å²) in [5.41, 5.74) is 0.576. The molecule has 2 amide bonds. The number of carbonyl (C=O) groups is 3. The molecule has 0 bridgehead atoms. The largest absolute Gasteiger partial charge is 0.416 e. The van der Waals surface area contributed by atoms with Crippen LogP contribution >= 0.6 is 0 Å². The Balaban J connectivity index is 1.72. The van der Waals surface area contributed by atoms with E-state index in [-0.39, 0.29) is 36.8 Å². The van der Waals surface area contributed by atoms with E-state index in [1.54, 1.807) is 24.3 Å². The van der Waals surface area contributed by atoms with E-state index >= 15 is 0 Å². The molecule has 0 saturated carbocycles. The second kappa shape index (κ2) is 9.45. The van der Waals surface area contributed by atoms with Gasteiger partial charge in [-0.15, -0.1) is 0 Å². The molecule has 2 atom stereocenters. The molecule has 0 N–H and O–H groups in total. The van der Waals surface area contributed by atoms with Crippen LogP contribution < -0.4 is 0 Å². The lowest BCUT2D eigenvalue weighted by Gasteiger charge is -2.24. The fourth-order valence-electron chi connectivity index (χ4n) is 3.80. The Morgan fingerprint density at radius 2 is 1.79 bits per heavy atom. The van der Waals surface area contributed by atoms with Crippen LogP contribution in [0.15, 0.2) is 48.5 Å². The van der Waals surface area contributed by atoms with Crippen molar-refractivity contribution in [3.63, 3.8) is 0 Å². The van der Waals surface area contributed by atoms with Crippen LogP contribution in [-0.2, 0) is 15.8 Å². The first kappa shape index (κ1) is 24.0. The molecular formula is C24H22F3N3O3. The van der Waals surface area contributed by atoms with Crippen molar-refractivity contribution in [1.29, 1.82) is 5.26 Å². The SMILES string of the molecule is CC(=O)C1CC(C#N)N(C(=O)CN(C)C(=O)c2cccc(-c3ccc(C(F)(F)F)cc3)c2)C1. The van der Waals surface area contributed by atoms with Crippen molar-refractivity contribution < 1.29 is 27.6 Å². The van der Waals surface area contributed by atoms with Gasteiger partial charge in [-0.25, -0.2) is 0 Å². The van der Waals surface area contributed by atoms with Gasteiger partial charge in [-0.1, -0.05) is 24.3 Å². The normalized spacial score (nSPS) is 18.0. The quantitative estimate of drug-likeness (QED) is 0.685. The van der Waals surface area contributed by atoms with E-state index in [2.05, 4.69) is 0 Å². The Morgan fingerprint density at radius 1 is 1.12 bits per heavy atom. The average Bonchev–Trinajstić information content (AvgIpc) is 3.23. The summed E-state index contributed by atoms with van der Waals surface area (Å²) in [4.78, 5) is 39.8. The van der Waals surface area contributed by atoms with E-state index in [9.17, 15) is 32.8 Å². The van der Waals surface area contributed by atoms with Crippen molar-refractivity contribution in [3.8, 4) is 17.2 Å². The van der Waals surface area contributed by atoms with Crippen LogP contribution in [0.4, 0.5) is 13.2 Å². The van der Waals surface area contributed by atoms with E-state index in [4.69, 9.17) is 0 Å². The van der Waals surface area contributed by atoms with Gasteiger partial charge >= 0.3 is 6.18 Å². The molecule has 3 rings (SSSR count). The Morgan fingerprint density at radius 3 is 2.36 bits per heavy atom. The number of carbonyl (C=O) groups excluding carboxylic acids is 3. The van der Waals surface area contributed by atoms with Gasteiger partial charge in [0.25, 0.3) is 5.91 Å². The number of hydrogen-bond donors (Lipinski definition) is 0. The maximum atomic E-state index is 12.9. The molecule has 172 valence electrons. The predicted molar refractivity (Wildman–Crippen MR) is 114 cm³/mol. The molecule has 0 aromatic heterocycles. The summed E-state index contributed by atoms with van der Waals surface area (Å²) in [6.07, 6.45) is -4.15. The summed E-state index contributed by atoms with van der Waals surface area (Å²) < 4.78 is 38.4. The van der Waals surface area contributed by atoms with E-state index < -0.39 is 29.6 Å². The van der Waals surface area contributed by atoms with Gasteiger partial charge in [0.05, 0.1) is 18.2 Å². The molecule has 0 spiro atoms. The van der Waals surface area contributed by atoms with Gasteiger partial charge in [0.2, 0.25) is 5.91 Å². The minimum atomic E-state index is -4.43. The number of rotatable bonds is 5. The number of benzene rings is 2. The van der Waals surface area contributed by atoms with Crippen LogP contribution in [0.5, 0.6) is 0 Å². The van der Waals surface area contributed by atoms with Crippen LogP contribution in [0.25, 0.3) is 11.1 Å². The predicted octanol–water partition coefficient (Wildman–Crippen LogP) is 3.77. The van der Waals surface area contributed by atoms with E-state index in [1.165, 1.54) is 35.9 Å². The number of amides is 2. The summed E-state index contributed by atoms with van der Waals surface area (Å²) in [5, 5.41) is 9.31. The summed E-state index contributed by atoms with van der Waals surface area (Å²) in [7, 11) is 1.45. The number of hydrogen-bond acceptors (Lipinski definition) is 4. The smallest absolute Gasteiger partial charge is 0.332 e. The molecule has 1 saturated heterocycles. The highest BCUT2D eigenvalue weighted by Gasteiger charge is 2.37. The standard InChI is InChI=1S/C24H22F3N3O3/c1-15(31)19-11-21(12-28)30(13-19)22(32)14-29(2)23(33)18-5-3-4-17(10-18)16-6-8-20(9-7-16)24(25,26)27/h3-10,19,21H,11,13-14H2,1-2H3. The number of Topliss-reactive ketones (excluding diaryl/α,β-unsaturated/α-hetero) is 1. The van der Waals surface area contributed by atoms with Gasteiger partial charge in [-0.05, 0) is 48.7 Å². The zero-order valence-corrected chi connectivity index (χ0v) is 18.1. The Bertz CT molecular complexity index is 1110. The van der Waals surface area contributed by atoms with E-state index in [0.717, 1.165) is 12.1 Å². The lowest BCUT2D eigenvalue weighted by atomic mass is 10.0. The maximum Gasteiger partial charge on any atom is 0.416 e. The second-order valence-electron chi connectivity index (χ2n) is 8.05. The fraction of sp³-hybridized carbons (Fsp3) is 0.333. The highest BCUT2D eigenvalue weighted by Crippen LogP contribution is 2.31. The molecule has 2 aromatic rings. The minimum Gasteiger partial charge on any atom is -0.332 e. The van der Waals surface area contributed by atoms with Gasteiger partial charge in [-0.2, -0.15) is 18.4 Å². The molecule has 0 aliphatic carbocycles. The van der Waals surface area contributed by atoms with Crippen molar-refractivity contribution in [2.75, 3.05) is 20.1 Å². The van der Waals surface area contributed by atoms with Crippen LogP contribution in [0, 0.1) is 17.2 Å². The first-order valence-electron chi connectivity index (χ1n) is 10.2. The lowest BCUT2D eigenvalue weighted by Crippen LogP contribution is -2.43. The first-order chi connectivity index (χ1) is 15.5. The van der Waals surface area contributed by atoms with Crippen molar-refractivity contribution in [3.05, 3.63) is 59.7 Å². The van der Waals surface area contributed by atoms with Crippen LogP contribution in [-0.4, -0.2) is 53.6 Å². The second-order valence-corrected chi connectivity index (χ2v) is 8.05. The van der Waals surface area contributed by atoms with Gasteiger partial charge < -0.3 is 9.80 Å². The topological polar surface area (TPSA) is 81.5 Å². The van der Waals surface area contributed by atoms with Crippen molar-refractivity contribution >= 4 is 17.6 Å². The van der Waals surface area contributed by atoms with E-state index in [1.807, 2.05) is 6.07 Å².